The van der Waals surface area contributed by atoms with Gasteiger partial charge in [0, 0.05) is 51.2 Å². The van der Waals surface area contributed by atoms with Crippen LogP contribution >= 0.6 is 0 Å². The van der Waals surface area contributed by atoms with Gasteiger partial charge in [0.1, 0.15) is 0 Å². The number of aryl methyl sites for hydroxylation is 1. The average molecular weight is 468 g/mol. The molecule has 0 radical (unpaired) electrons. The van der Waals surface area contributed by atoms with Crippen LogP contribution in [0.1, 0.15) is 28.4 Å². The third-order valence-corrected chi connectivity index (χ3v) is 6.90. The van der Waals surface area contributed by atoms with E-state index in [-0.39, 0.29) is 18.2 Å². The van der Waals surface area contributed by atoms with Crippen LogP contribution in [0, 0.1) is 0 Å². The Kier molecular flexibility index (Phi) is 5.17. The van der Waals surface area contributed by atoms with E-state index in [0.717, 1.165) is 16.6 Å². The van der Waals surface area contributed by atoms with Gasteiger partial charge in [0.05, 0.1) is 23.5 Å². The van der Waals surface area contributed by atoms with Crippen LogP contribution in [0.2, 0.25) is 0 Å². The first-order chi connectivity index (χ1) is 17.1. The van der Waals surface area contributed by atoms with Gasteiger partial charge in [-0.25, -0.2) is 15.0 Å². The van der Waals surface area contributed by atoms with Crippen molar-refractivity contribution in [3.05, 3.63) is 78.1 Å². The molecule has 0 aliphatic carbocycles. The number of aromatic nitrogens is 4. The Balaban J connectivity index is 1.26. The molecule has 2 aromatic heterocycles. The largest absolute Gasteiger partial charge is 0.339 e. The van der Waals surface area contributed by atoms with Crippen molar-refractivity contribution in [1.29, 1.82) is 0 Å². The summed E-state index contributed by atoms with van der Waals surface area (Å²) in [5.74, 6) is 1.14. The molecule has 2 aliphatic rings. The number of rotatable bonds is 4. The molecule has 2 aromatic carbocycles. The third kappa shape index (κ3) is 3.60. The molecular weight excluding hydrogens is 442 g/mol. The van der Waals surface area contributed by atoms with Crippen molar-refractivity contribution in [3.63, 3.8) is 0 Å². The number of hydrogen-bond donors (Lipinski definition) is 0. The van der Waals surface area contributed by atoms with Crippen LogP contribution < -0.4 is 9.80 Å². The Morgan fingerprint density at radius 3 is 2.43 bits per heavy atom. The highest BCUT2D eigenvalue weighted by atomic mass is 16.2. The maximum atomic E-state index is 13.5. The minimum absolute atomic E-state index is 0.0249. The summed E-state index contributed by atoms with van der Waals surface area (Å²) in [6.07, 6.45) is 3.65. The fourth-order valence-electron chi connectivity index (χ4n) is 5.08. The van der Waals surface area contributed by atoms with E-state index < -0.39 is 6.04 Å². The molecule has 0 saturated carbocycles. The van der Waals surface area contributed by atoms with Gasteiger partial charge in [0.2, 0.25) is 17.8 Å². The van der Waals surface area contributed by atoms with Gasteiger partial charge in [-0.2, -0.15) is 0 Å². The second kappa shape index (κ2) is 8.50. The van der Waals surface area contributed by atoms with E-state index >= 15 is 0 Å². The zero-order chi connectivity index (χ0) is 23.9. The lowest BCUT2D eigenvalue weighted by Gasteiger charge is -2.35. The molecule has 1 saturated heterocycles. The second-order valence-electron chi connectivity index (χ2n) is 8.86. The fraction of sp³-hybridized carbons (Fsp3) is 0.269. The molecule has 176 valence electrons. The maximum absolute atomic E-state index is 13.5. The second-order valence-corrected chi connectivity index (χ2v) is 8.86. The molecule has 9 nitrogen and oxygen atoms in total. The Labute approximate surface area is 202 Å². The summed E-state index contributed by atoms with van der Waals surface area (Å²) in [6, 6.07) is 16.7. The van der Waals surface area contributed by atoms with Crippen LogP contribution in [0.25, 0.3) is 11.0 Å². The van der Waals surface area contributed by atoms with E-state index in [0.29, 0.717) is 43.6 Å². The van der Waals surface area contributed by atoms with Gasteiger partial charge in [-0.05, 0) is 29.8 Å². The number of anilines is 2. The standard InChI is InChI=1S/C26H25N7O2/c1-30-21-10-5-4-9-20(21)29-26(30)33-22(18-7-2-3-8-19(18)24(33)35)17-23(34)31-13-15-32(16-14-31)25-27-11-6-12-28-25/h2-12,22H,13-17H2,1H3. The van der Waals surface area contributed by atoms with Crippen molar-refractivity contribution in [2.75, 3.05) is 36.0 Å². The number of para-hydroxylation sites is 2. The summed E-state index contributed by atoms with van der Waals surface area (Å²) in [7, 11) is 1.91. The maximum Gasteiger partial charge on any atom is 0.261 e. The lowest BCUT2D eigenvalue weighted by molar-refractivity contribution is -0.131. The van der Waals surface area contributed by atoms with E-state index in [1.807, 2.05) is 65.0 Å². The smallest absolute Gasteiger partial charge is 0.261 e. The average Bonchev–Trinajstić information content (AvgIpc) is 3.38. The Morgan fingerprint density at radius 1 is 0.943 bits per heavy atom. The predicted octanol–water partition coefficient (Wildman–Crippen LogP) is 2.80. The van der Waals surface area contributed by atoms with Crippen LogP contribution in [0.5, 0.6) is 0 Å². The lowest BCUT2D eigenvalue weighted by Crippen LogP contribution is -2.50. The molecule has 1 atom stereocenters. The molecule has 2 aliphatic heterocycles. The zero-order valence-electron chi connectivity index (χ0n) is 19.4. The van der Waals surface area contributed by atoms with Crippen LogP contribution in [-0.2, 0) is 11.8 Å². The zero-order valence-corrected chi connectivity index (χ0v) is 19.4. The first-order valence-electron chi connectivity index (χ1n) is 11.8. The topological polar surface area (TPSA) is 87.5 Å². The van der Waals surface area contributed by atoms with Gasteiger partial charge >= 0.3 is 0 Å². The van der Waals surface area contributed by atoms with Crippen molar-refractivity contribution in [2.24, 2.45) is 7.05 Å². The molecule has 4 aromatic rings. The number of amides is 2. The van der Waals surface area contributed by atoms with E-state index in [1.54, 1.807) is 23.4 Å². The van der Waals surface area contributed by atoms with Gasteiger partial charge in [0.15, 0.2) is 0 Å². The number of fused-ring (bicyclic) bond motifs is 2. The monoisotopic (exact) mass is 467 g/mol. The molecule has 2 amide bonds. The van der Waals surface area contributed by atoms with Gasteiger partial charge in [0.25, 0.3) is 5.91 Å². The first kappa shape index (κ1) is 21.3. The van der Waals surface area contributed by atoms with Crippen molar-refractivity contribution >= 4 is 34.7 Å². The quantitative estimate of drug-likeness (QED) is 0.459. The fourth-order valence-corrected chi connectivity index (χ4v) is 5.08. The predicted molar refractivity (Wildman–Crippen MR) is 132 cm³/mol. The Morgan fingerprint density at radius 2 is 1.66 bits per heavy atom. The van der Waals surface area contributed by atoms with Crippen molar-refractivity contribution in [1.82, 2.24) is 24.4 Å². The van der Waals surface area contributed by atoms with E-state index in [1.165, 1.54) is 0 Å². The summed E-state index contributed by atoms with van der Waals surface area (Å²) in [5.41, 5.74) is 3.26. The summed E-state index contributed by atoms with van der Waals surface area (Å²) in [6.45, 7) is 2.52. The van der Waals surface area contributed by atoms with Gasteiger partial charge in [-0.1, -0.05) is 30.3 Å². The van der Waals surface area contributed by atoms with E-state index in [9.17, 15) is 9.59 Å². The SMILES string of the molecule is Cn1c(N2C(=O)c3ccccc3C2CC(=O)N2CCN(c3ncccn3)CC2)nc2ccccc21. The van der Waals surface area contributed by atoms with Gasteiger partial charge < -0.3 is 14.4 Å². The number of piperazine rings is 1. The highest BCUT2D eigenvalue weighted by Gasteiger charge is 2.41. The molecule has 4 heterocycles. The number of carbonyl (C=O) groups is 2. The molecule has 0 spiro atoms. The molecule has 9 heteroatoms. The Bertz CT molecular complexity index is 1410. The molecule has 35 heavy (non-hydrogen) atoms. The third-order valence-electron chi connectivity index (χ3n) is 6.90. The minimum atomic E-state index is -0.405. The molecule has 1 fully saturated rings. The number of imidazole rings is 1. The van der Waals surface area contributed by atoms with Crippen LogP contribution in [0.3, 0.4) is 0 Å². The van der Waals surface area contributed by atoms with Crippen molar-refractivity contribution in [2.45, 2.75) is 12.5 Å². The summed E-state index contributed by atoms with van der Waals surface area (Å²) in [4.78, 5) is 46.0. The number of hydrogen-bond acceptors (Lipinski definition) is 6. The van der Waals surface area contributed by atoms with Gasteiger partial charge in [-0.3, -0.25) is 14.5 Å². The normalized spacial score (nSPS) is 17.8. The van der Waals surface area contributed by atoms with Crippen molar-refractivity contribution < 1.29 is 9.59 Å². The van der Waals surface area contributed by atoms with Crippen LogP contribution in [0.4, 0.5) is 11.9 Å². The number of carbonyl (C=O) groups excluding carboxylic acids is 2. The Hall–Kier alpha value is -4.27. The number of nitrogens with zero attached hydrogens (tertiary/aromatic N) is 7. The summed E-state index contributed by atoms with van der Waals surface area (Å²) < 4.78 is 1.93. The van der Waals surface area contributed by atoms with Crippen LogP contribution in [-0.4, -0.2) is 62.4 Å². The highest BCUT2D eigenvalue weighted by molar-refractivity contribution is 6.11. The highest BCUT2D eigenvalue weighted by Crippen LogP contribution is 2.40. The molecule has 0 bridgehead atoms. The molecule has 1 unspecified atom stereocenters. The summed E-state index contributed by atoms with van der Waals surface area (Å²) in [5, 5.41) is 0. The van der Waals surface area contributed by atoms with E-state index in [4.69, 9.17) is 4.98 Å². The molecular formula is C26H25N7O2. The van der Waals surface area contributed by atoms with Crippen molar-refractivity contribution in [3.8, 4) is 0 Å². The number of benzene rings is 2. The lowest BCUT2D eigenvalue weighted by atomic mass is 10.0. The van der Waals surface area contributed by atoms with E-state index in [2.05, 4.69) is 14.9 Å². The van der Waals surface area contributed by atoms with Gasteiger partial charge in [-0.15, -0.1) is 0 Å². The molecule has 6 rings (SSSR count). The first-order valence-corrected chi connectivity index (χ1v) is 11.8. The minimum Gasteiger partial charge on any atom is -0.339 e. The van der Waals surface area contributed by atoms with Crippen LogP contribution in [0.15, 0.2) is 67.0 Å². The molecule has 0 N–H and O–H groups in total. The summed E-state index contributed by atoms with van der Waals surface area (Å²) >= 11 is 0.